The van der Waals surface area contributed by atoms with Crippen LogP contribution in [-0.2, 0) is 16.2 Å². The lowest BCUT2D eigenvalue weighted by Gasteiger charge is -2.21. The number of rotatable bonds is 7. The average molecular weight is 561 g/mol. The molecule has 1 unspecified atom stereocenters. The van der Waals surface area contributed by atoms with E-state index >= 15 is 0 Å². The van der Waals surface area contributed by atoms with E-state index in [1.807, 2.05) is 11.9 Å². The second-order valence-corrected chi connectivity index (χ2v) is 10.7. The van der Waals surface area contributed by atoms with Crippen LogP contribution in [0.15, 0.2) is 65.6 Å². The van der Waals surface area contributed by atoms with Gasteiger partial charge in [0, 0.05) is 13.1 Å². The molecule has 3 aromatic carbocycles. The Hall–Kier alpha value is -2.66. The van der Waals surface area contributed by atoms with Gasteiger partial charge in [-0.2, -0.15) is 13.2 Å². The van der Waals surface area contributed by atoms with Crippen molar-refractivity contribution >= 4 is 38.9 Å². The van der Waals surface area contributed by atoms with Crippen molar-refractivity contribution in [2.75, 3.05) is 24.9 Å². The molecule has 4 rings (SSSR count). The van der Waals surface area contributed by atoms with Crippen molar-refractivity contribution in [1.29, 1.82) is 0 Å². The van der Waals surface area contributed by atoms with Crippen LogP contribution in [0.1, 0.15) is 12.0 Å². The fourth-order valence-corrected chi connectivity index (χ4v) is 5.16. The van der Waals surface area contributed by atoms with Crippen LogP contribution in [-0.4, -0.2) is 39.6 Å². The van der Waals surface area contributed by atoms with E-state index in [0.29, 0.717) is 19.5 Å². The number of sulfonamides is 1. The summed E-state index contributed by atoms with van der Waals surface area (Å²) in [7, 11) is -2.52. The minimum atomic E-state index is -4.85. The zero-order valence-corrected chi connectivity index (χ0v) is 21.2. The van der Waals surface area contributed by atoms with E-state index in [2.05, 4.69) is 4.72 Å². The van der Waals surface area contributed by atoms with Crippen molar-refractivity contribution in [2.45, 2.75) is 23.6 Å². The Labute approximate surface area is 216 Å². The smallest absolute Gasteiger partial charge is 0.421 e. The molecule has 0 aliphatic carbocycles. The molecule has 0 saturated carbocycles. The fourth-order valence-electron chi connectivity index (χ4n) is 3.76. The van der Waals surface area contributed by atoms with Crippen LogP contribution in [0.3, 0.4) is 0 Å². The van der Waals surface area contributed by atoms with E-state index in [9.17, 15) is 21.6 Å². The van der Waals surface area contributed by atoms with Gasteiger partial charge in [0.15, 0.2) is 0 Å². The van der Waals surface area contributed by atoms with Crippen molar-refractivity contribution in [3.63, 3.8) is 0 Å². The third-order valence-electron chi connectivity index (χ3n) is 5.47. The molecule has 0 bridgehead atoms. The molecule has 0 radical (unpaired) electrons. The molecule has 6 nitrogen and oxygen atoms in total. The lowest BCUT2D eigenvalue weighted by atomic mass is 10.1. The lowest BCUT2D eigenvalue weighted by Crippen LogP contribution is -2.24. The molecule has 1 fully saturated rings. The van der Waals surface area contributed by atoms with Gasteiger partial charge < -0.3 is 14.4 Å². The Morgan fingerprint density at radius 1 is 1.00 bits per heavy atom. The number of likely N-dealkylation sites (N-methyl/N-ethyl adjacent to an activating group) is 1. The van der Waals surface area contributed by atoms with Gasteiger partial charge in [-0.25, -0.2) is 8.42 Å². The third-order valence-corrected chi connectivity index (χ3v) is 7.66. The molecule has 1 aliphatic heterocycles. The Morgan fingerprint density at radius 2 is 1.67 bits per heavy atom. The number of benzene rings is 3. The first kappa shape index (κ1) is 26.4. The molecule has 36 heavy (non-hydrogen) atoms. The van der Waals surface area contributed by atoms with E-state index in [1.54, 1.807) is 18.2 Å². The second kappa shape index (κ2) is 10.4. The molecule has 0 spiro atoms. The van der Waals surface area contributed by atoms with Gasteiger partial charge in [-0.05, 0) is 62.0 Å². The molecule has 0 amide bonds. The van der Waals surface area contributed by atoms with Gasteiger partial charge in [0.05, 0.1) is 15.6 Å². The summed E-state index contributed by atoms with van der Waals surface area (Å²) in [5.74, 6) is 0.0918. The van der Waals surface area contributed by atoms with Crippen LogP contribution >= 0.6 is 23.2 Å². The third kappa shape index (κ3) is 6.00. The normalized spacial score (nSPS) is 16.7. The molecular weight excluding hydrogens is 540 g/mol. The molecule has 1 heterocycles. The number of halogens is 5. The largest absolute Gasteiger partial charge is 0.488 e. The zero-order valence-electron chi connectivity index (χ0n) is 18.9. The molecular formula is C24H21Cl2F3N2O4S. The number of likely N-dealkylation sites (tertiary alicyclic amines) is 1. The summed E-state index contributed by atoms with van der Waals surface area (Å²) in [6.45, 7) is 1.17. The van der Waals surface area contributed by atoms with Gasteiger partial charge in [-0.15, -0.1) is 0 Å². The standard InChI is InChI=1S/C24H21Cl2F3N2O4S/c1-31-13-12-16(14-31)35-20-6-3-5-19(22(20)24(27,28)29)30-36(32,33)17-10-8-15(9-11-17)34-21-7-2-4-18(25)23(21)26/h2-11,16,30H,12-14H2,1H3. The predicted molar refractivity (Wildman–Crippen MR) is 132 cm³/mol. The van der Waals surface area contributed by atoms with E-state index in [-0.39, 0.29) is 26.4 Å². The summed E-state index contributed by atoms with van der Waals surface area (Å²) in [5.41, 5.74) is -1.81. The van der Waals surface area contributed by atoms with Crippen LogP contribution in [0.5, 0.6) is 17.2 Å². The van der Waals surface area contributed by atoms with Gasteiger partial charge in [0.2, 0.25) is 0 Å². The molecule has 3 aromatic rings. The topological polar surface area (TPSA) is 67.9 Å². The zero-order chi connectivity index (χ0) is 26.1. The minimum absolute atomic E-state index is 0.184. The van der Waals surface area contributed by atoms with Crippen LogP contribution < -0.4 is 14.2 Å². The van der Waals surface area contributed by atoms with Crippen LogP contribution in [0, 0.1) is 0 Å². The fraction of sp³-hybridized carbons (Fsp3) is 0.250. The van der Waals surface area contributed by atoms with Crippen molar-refractivity contribution in [3.8, 4) is 17.2 Å². The highest BCUT2D eigenvalue weighted by molar-refractivity contribution is 7.92. The van der Waals surface area contributed by atoms with Gasteiger partial charge in [-0.3, -0.25) is 4.72 Å². The predicted octanol–water partition coefficient (Wildman–Crippen LogP) is 6.69. The Morgan fingerprint density at radius 3 is 2.31 bits per heavy atom. The van der Waals surface area contributed by atoms with Crippen molar-refractivity contribution < 1.29 is 31.1 Å². The lowest BCUT2D eigenvalue weighted by molar-refractivity contribution is -0.138. The molecule has 0 aromatic heterocycles. The summed E-state index contributed by atoms with van der Waals surface area (Å²) >= 11 is 12.1. The van der Waals surface area contributed by atoms with E-state index in [0.717, 1.165) is 6.07 Å². The Kier molecular flexibility index (Phi) is 7.61. The highest BCUT2D eigenvalue weighted by atomic mass is 35.5. The maximum Gasteiger partial charge on any atom is 0.421 e. The molecule has 1 N–H and O–H groups in total. The van der Waals surface area contributed by atoms with Crippen molar-refractivity contribution in [1.82, 2.24) is 4.90 Å². The maximum atomic E-state index is 14.0. The van der Waals surface area contributed by atoms with Gasteiger partial charge in [0.25, 0.3) is 10.0 Å². The van der Waals surface area contributed by atoms with Crippen LogP contribution in [0.25, 0.3) is 0 Å². The van der Waals surface area contributed by atoms with E-state index in [1.165, 1.54) is 36.4 Å². The summed E-state index contributed by atoms with van der Waals surface area (Å²) in [6, 6.07) is 13.5. The average Bonchev–Trinajstić information content (AvgIpc) is 3.21. The Balaban J connectivity index is 1.58. The van der Waals surface area contributed by atoms with Gasteiger partial charge >= 0.3 is 6.18 Å². The van der Waals surface area contributed by atoms with Crippen molar-refractivity contribution in [3.05, 3.63) is 76.3 Å². The summed E-state index contributed by atoms with van der Waals surface area (Å²) in [4.78, 5) is 1.68. The first-order chi connectivity index (χ1) is 16.9. The highest BCUT2D eigenvalue weighted by Crippen LogP contribution is 2.43. The quantitative estimate of drug-likeness (QED) is 0.348. The molecule has 1 saturated heterocycles. The molecule has 192 valence electrons. The number of alkyl halides is 3. The summed E-state index contributed by atoms with van der Waals surface area (Å²) in [5, 5.41) is 0.466. The van der Waals surface area contributed by atoms with E-state index in [4.69, 9.17) is 32.7 Å². The minimum Gasteiger partial charge on any atom is -0.488 e. The SMILES string of the molecule is CN1CCC(Oc2cccc(NS(=O)(=O)c3ccc(Oc4cccc(Cl)c4Cl)cc3)c2C(F)(F)F)C1. The molecule has 1 aliphatic rings. The number of nitrogens with one attached hydrogen (secondary N) is 1. The van der Waals surface area contributed by atoms with Gasteiger partial charge in [-0.1, -0.05) is 35.3 Å². The van der Waals surface area contributed by atoms with Crippen LogP contribution in [0.2, 0.25) is 10.0 Å². The monoisotopic (exact) mass is 560 g/mol. The molecule has 12 heteroatoms. The van der Waals surface area contributed by atoms with E-state index < -0.39 is 39.3 Å². The maximum absolute atomic E-state index is 14.0. The first-order valence-electron chi connectivity index (χ1n) is 10.7. The summed E-state index contributed by atoms with van der Waals surface area (Å²) < 4.78 is 81.2. The number of ether oxygens (including phenoxy) is 2. The van der Waals surface area contributed by atoms with Crippen molar-refractivity contribution in [2.24, 2.45) is 0 Å². The second-order valence-electron chi connectivity index (χ2n) is 8.20. The Bertz CT molecular complexity index is 1350. The number of hydrogen-bond acceptors (Lipinski definition) is 5. The summed E-state index contributed by atoms with van der Waals surface area (Å²) in [6.07, 6.45) is -4.71. The number of hydrogen-bond donors (Lipinski definition) is 1. The number of anilines is 1. The van der Waals surface area contributed by atoms with Gasteiger partial charge in [0.1, 0.15) is 33.9 Å². The highest BCUT2D eigenvalue weighted by Gasteiger charge is 2.39. The first-order valence-corrected chi connectivity index (χ1v) is 13.0. The number of nitrogens with zero attached hydrogens (tertiary/aromatic N) is 1. The molecule has 1 atom stereocenters. The van der Waals surface area contributed by atoms with Crippen LogP contribution in [0.4, 0.5) is 18.9 Å².